The molecule has 0 aromatic heterocycles. The van der Waals surface area contributed by atoms with Gasteiger partial charge in [-0.3, -0.25) is 4.79 Å². The number of carbonyl (C=O) groups is 1. The van der Waals surface area contributed by atoms with Gasteiger partial charge in [-0.15, -0.1) is 0 Å². The smallest absolute Gasteiger partial charge is 0.267 e. The molecule has 0 unspecified atom stereocenters. The molecule has 0 atom stereocenters. The van der Waals surface area contributed by atoms with Crippen molar-refractivity contribution in [1.29, 1.82) is 0 Å². The number of benzene rings is 1. The summed E-state index contributed by atoms with van der Waals surface area (Å²) in [7, 11) is 0. The van der Waals surface area contributed by atoms with Gasteiger partial charge in [-0.25, -0.2) is 5.43 Å². The third-order valence-corrected chi connectivity index (χ3v) is 1.68. The molecule has 1 aromatic carbocycles. The first kappa shape index (κ1) is 9.45. The van der Waals surface area contributed by atoms with Crippen LogP contribution in [0.4, 0.5) is 0 Å². The molecule has 3 nitrogen and oxygen atoms in total. The molecule has 13 heavy (non-hydrogen) atoms. The van der Waals surface area contributed by atoms with Crippen molar-refractivity contribution in [3.63, 3.8) is 0 Å². The summed E-state index contributed by atoms with van der Waals surface area (Å²) in [6, 6.07) is 7.40. The Labute approximate surface area is 77.5 Å². The van der Waals surface area contributed by atoms with Crippen molar-refractivity contribution in [3.8, 4) is 0 Å². The van der Waals surface area contributed by atoms with Crippen LogP contribution in [0.15, 0.2) is 29.4 Å². The molecule has 0 radical (unpaired) electrons. The van der Waals surface area contributed by atoms with E-state index in [-0.39, 0.29) is 5.91 Å². The number of aryl methyl sites for hydroxylation is 1. The first-order valence-electron chi connectivity index (χ1n) is 4.09. The van der Waals surface area contributed by atoms with E-state index >= 15 is 0 Å². The molecule has 1 N–H and O–H groups in total. The Morgan fingerprint density at radius 1 is 1.46 bits per heavy atom. The number of nitrogens with one attached hydrogen (secondary N) is 1. The molecule has 0 saturated carbocycles. The lowest BCUT2D eigenvalue weighted by atomic mass is 10.1. The van der Waals surface area contributed by atoms with E-state index in [0.717, 1.165) is 5.56 Å². The molecule has 0 aliphatic carbocycles. The SMILES string of the molecule is C/C=N/NC(=O)c1ccccc1C. The Bertz CT molecular complexity index is 331. The second kappa shape index (κ2) is 4.40. The second-order valence-electron chi connectivity index (χ2n) is 2.64. The Balaban J connectivity index is 2.83. The summed E-state index contributed by atoms with van der Waals surface area (Å²) in [4.78, 5) is 11.4. The predicted molar refractivity (Wildman–Crippen MR) is 52.8 cm³/mol. The van der Waals surface area contributed by atoms with E-state index in [1.165, 1.54) is 6.21 Å². The number of rotatable bonds is 2. The Hall–Kier alpha value is -1.64. The zero-order chi connectivity index (χ0) is 9.68. The summed E-state index contributed by atoms with van der Waals surface area (Å²) in [6.07, 6.45) is 1.54. The summed E-state index contributed by atoms with van der Waals surface area (Å²) in [5.74, 6) is -0.170. The van der Waals surface area contributed by atoms with Gasteiger partial charge in [0.1, 0.15) is 0 Å². The zero-order valence-electron chi connectivity index (χ0n) is 7.74. The Kier molecular flexibility index (Phi) is 3.20. The van der Waals surface area contributed by atoms with Crippen LogP contribution in [0.1, 0.15) is 22.8 Å². The van der Waals surface area contributed by atoms with Crippen LogP contribution in [-0.4, -0.2) is 12.1 Å². The van der Waals surface area contributed by atoms with Gasteiger partial charge in [0.25, 0.3) is 5.91 Å². The molecule has 1 aromatic rings. The average Bonchev–Trinajstić information content (AvgIpc) is 2.15. The molecule has 3 heteroatoms. The number of nitrogens with zero attached hydrogens (tertiary/aromatic N) is 1. The Morgan fingerprint density at radius 2 is 2.15 bits per heavy atom. The second-order valence-corrected chi connectivity index (χ2v) is 2.64. The van der Waals surface area contributed by atoms with Crippen LogP contribution in [0.3, 0.4) is 0 Å². The van der Waals surface area contributed by atoms with Crippen molar-refractivity contribution < 1.29 is 4.79 Å². The third-order valence-electron chi connectivity index (χ3n) is 1.68. The van der Waals surface area contributed by atoms with Crippen LogP contribution < -0.4 is 5.43 Å². The van der Waals surface area contributed by atoms with Crippen molar-refractivity contribution in [1.82, 2.24) is 5.43 Å². The third kappa shape index (κ3) is 2.40. The zero-order valence-corrected chi connectivity index (χ0v) is 7.74. The molecule has 0 aliphatic rings. The first-order chi connectivity index (χ1) is 6.25. The highest BCUT2D eigenvalue weighted by Gasteiger charge is 2.05. The molecule has 68 valence electrons. The van der Waals surface area contributed by atoms with E-state index in [9.17, 15) is 4.79 Å². The topological polar surface area (TPSA) is 41.5 Å². The maximum atomic E-state index is 11.4. The summed E-state index contributed by atoms with van der Waals surface area (Å²) >= 11 is 0. The summed E-state index contributed by atoms with van der Waals surface area (Å²) in [5, 5.41) is 3.66. The van der Waals surface area contributed by atoms with Gasteiger partial charge in [-0.1, -0.05) is 18.2 Å². The van der Waals surface area contributed by atoms with Gasteiger partial charge in [0, 0.05) is 11.8 Å². The number of hydrazone groups is 1. The molecule has 0 saturated heterocycles. The Morgan fingerprint density at radius 3 is 2.77 bits per heavy atom. The number of amides is 1. The fourth-order valence-electron chi connectivity index (χ4n) is 1.01. The number of carbonyl (C=O) groups excluding carboxylic acids is 1. The van der Waals surface area contributed by atoms with Crippen molar-refractivity contribution in [2.24, 2.45) is 5.10 Å². The van der Waals surface area contributed by atoms with Crippen LogP contribution in [-0.2, 0) is 0 Å². The van der Waals surface area contributed by atoms with Crippen LogP contribution in [0.25, 0.3) is 0 Å². The van der Waals surface area contributed by atoms with Gasteiger partial charge >= 0.3 is 0 Å². The lowest BCUT2D eigenvalue weighted by Crippen LogP contribution is -2.18. The molecule has 0 spiro atoms. The number of hydrogen-bond acceptors (Lipinski definition) is 2. The monoisotopic (exact) mass is 176 g/mol. The van der Waals surface area contributed by atoms with Crippen molar-refractivity contribution in [3.05, 3.63) is 35.4 Å². The number of hydrogen-bond donors (Lipinski definition) is 1. The van der Waals surface area contributed by atoms with Gasteiger partial charge in [0.05, 0.1) is 0 Å². The maximum absolute atomic E-state index is 11.4. The maximum Gasteiger partial charge on any atom is 0.271 e. The lowest BCUT2D eigenvalue weighted by molar-refractivity contribution is 0.0954. The van der Waals surface area contributed by atoms with E-state index in [2.05, 4.69) is 10.5 Å². The predicted octanol–water partition coefficient (Wildman–Crippen LogP) is 1.73. The molecule has 0 heterocycles. The van der Waals surface area contributed by atoms with E-state index in [4.69, 9.17) is 0 Å². The van der Waals surface area contributed by atoms with Crippen LogP contribution in [0, 0.1) is 6.92 Å². The van der Waals surface area contributed by atoms with Gasteiger partial charge in [0.15, 0.2) is 0 Å². The minimum Gasteiger partial charge on any atom is -0.267 e. The molecule has 1 amide bonds. The van der Waals surface area contributed by atoms with Crippen molar-refractivity contribution in [2.75, 3.05) is 0 Å². The fraction of sp³-hybridized carbons (Fsp3) is 0.200. The highest BCUT2D eigenvalue weighted by atomic mass is 16.2. The molecule has 0 fully saturated rings. The fourth-order valence-corrected chi connectivity index (χ4v) is 1.01. The summed E-state index contributed by atoms with van der Waals surface area (Å²) < 4.78 is 0. The summed E-state index contributed by atoms with van der Waals surface area (Å²) in [6.45, 7) is 3.64. The molecule has 0 aliphatic heterocycles. The van der Waals surface area contributed by atoms with Gasteiger partial charge < -0.3 is 0 Å². The highest BCUT2D eigenvalue weighted by Crippen LogP contribution is 2.05. The summed E-state index contributed by atoms with van der Waals surface area (Å²) in [5.41, 5.74) is 4.03. The van der Waals surface area contributed by atoms with E-state index in [1.54, 1.807) is 13.0 Å². The molecule has 1 rings (SSSR count). The van der Waals surface area contributed by atoms with Crippen LogP contribution in [0.5, 0.6) is 0 Å². The van der Waals surface area contributed by atoms with Crippen molar-refractivity contribution >= 4 is 12.1 Å². The normalized spacial score (nSPS) is 10.3. The van der Waals surface area contributed by atoms with Gasteiger partial charge in [0.2, 0.25) is 0 Å². The molecular weight excluding hydrogens is 164 g/mol. The van der Waals surface area contributed by atoms with Crippen LogP contribution >= 0.6 is 0 Å². The lowest BCUT2D eigenvalue weighted by Gasteiger charge is -2.02. The minimum absolute atomic E-state index is 0.170. The first-order valence-corrected chi connectivity index (χ1v) is 4.09. The van der Waals surface area contributed by atoms with Gasteiger partial charge in [-0.2, -0.15) is 5.10 Å². The van der Waals surface area contributed by atoms with E-state index < -0.39 is 0 Å². The largest absolute Gasteiger partial charge is 0.271 e. The highest BCUT2D eigenvalue weighted by molar-refractivity contribution is 5.95. The van der Waals surface area contributed by atoms with E-state index in [0.29, 0.717) is 5.56 Å². The van der Waals surface area contributed by atoms with Gasteiger partial charge in [-0.05, 0) is 25.5 Å². The molecule has 0 bridgehead atoms. The van der Waals surface area contributed by atoms with Crippen LogP contribution in [0.2, 0.25) is 0 Å². The quantitative estimate of drug-likeness (QED) is 0.541. The minimum atomic E-state index is -0.170. The van der Waals surface area contributed by atoms with Crippen molar-refractivity contribution in [2.45, 2.75) is 13.8 Å². The average molecular weight is 176 g/mol. The standard InChI is InChI=1S/C10H12N2O/c1-3-11-12-10(13)9-7-5-4-6-8(9)2/h3-7H,1-2H3,(H,12,13)/b11-3+. The molecular formula is C10H12N2O. The van der Waals surface area contributed by atoms with E-state index in [1.807, 2.05) is 25.1 Å².